The highest BCUT2D eigenvalue weighted by Crippen LogP contribution is 2.27. The van der Waals surface area contributed by atoms with E-state index in [2.05, 4.69) is 27.5 Å². The molecule has 1 atom stereocenters. The van der Waals surface area contributed by atoms with Crippen LogP contribution in [0, 0.1) is 5.92 Å². The Labute approximate surface area is 172 Å². The van der Waals surface area contributed by atoms with Gasteiger partial charge in [-0.1, -0.05) is 13.8 Å². The molecule has 0 unspecified atom stereocenters. The molecule has 2 fully saturated rings. The molecule has 2 saturated heterocycles. The number of primary amides is 1. The van der Waals surface area contributed by atoms with Gasteiger partial charge in [0.05, 0.1) is 6.54 Å². The molecule has 0 aromatic heterocycles. The molecule has 10 heteroatoms. The van der Waals surface area contributed by atoms with Crippen molar-refractivity contribution in [2.45, 2.75) is 57.2 Å². The number of nitrogens with one attached hydrogen (secondary N) is 3. The first kappa shape index (κ1) is 23.5. The smallest absolute Gasteiger partial charge is 0.246 e. The maximum absolute atomic E-state index is 12.9. The van der Waals surface area contributed by atoms with E-state index in [1.807, 2.05) is 5.48 Å². The first-order valence-electron chi connectivity index (χ1n) is 10.4. The van der Waals surface area contributed by atoms with Crippen LogP contribution in [0.1, 0.15) is 39.5 Å². The molecule has 2 aliphatic heterocycles. The fourth-order valence-corrected chi connectivity index (χ4v) is 4.20. The Morgan fingerprint density at radius 2 is 1.72 bits per heavy atom. The summed E-state index contributed by atoms with van der Waals surface area (Å²) in [5, 5.41) is 14.8. The van der Waals surface area contributed by atoms with E-state index < -0.39 is 29.3 Å². The first-order valence-corrected chi connectivity index (χ1v) is 10.4. The number of hydroxylamine groups is 1. The topological polar surface area (TPSA) is 140 Å². The van der Waals surface area contributed by atoms with Crippen LogP contribution < -0.4 is 21.8 Å². The van der Waals surface area contributed by atoms with Gasteiger partial charge in [0, 0.05) is 19.1 Å². The number of hydrogen-bond donors (Lipinski definition) is 5. The van der Waals surface area contributed by atoms with Crippen molar-refractivity contribution in [3.8, 4) is 0 Å². The van der Waals surface area contributed by atoms with Crippen LogP contribution in [0.3, 0.4) is 0 Å². The molecule has 3 amide bonds. The lowest BCUT2D eigenvalue weighted by atomic mass is 9.84. The number of carbonyl (C=O) groups excluding carboxylic acids is 3. The number of piperidine rings is 2. The lowest BCUT2D eigenvalue weighted by Crippen LogP contribution is -2.66. The van der Waals surface area contributed by atoms with Crippen LogP contribution in [0.2, 0.25) is 0 Å². The summed E-state index contributed by atoms with van der Waals surface area (Å²) in [4.78, 5) is 41.5. The minimum absolute atomic E-state index is 0.162. The Balaban J connectivity index is 2.09. The van der Waals surface area contributed by atoms with Gasteiger partial charge < -0.3 is 31.4 Å². The Hall–Kier alpha value is -1.75. The number of nitrogens with zero attached hydrogens (tertiary/aromatic N) is 2. The van der Waals surface area contributed by atoms with E-state index in [4.69, 9.17) is 5.73 Å². The summed E-state index contributed by atoms with van der Waals surface area (Å²) in [7, 11) is 2.12. The lowest BCUT2D eigenvalue weighted by Gasteiger charge is -2.45. The summed E-state index contributed by atoms with van der Waals surface area (Å²) in [5.74, 6) is -1.65. The van der Waals surface area contributed by atoms with Crippen LogP contribution in [0.25, 0.3) is 0 Å². The molecule has 2 heterocycles. The standard InChI is InChI=1S/C19H36N6O4/c1-13(2)16(23-29)17(27)22-19(18(28)21-12-15(20)26)6-10-25(11-7-19)14-4-8-24(3)9-5-14/h13-14,16,23,29H,4-12H2,1-3H3,(H2,20,26)(H,21,28)(H,22,27)/t16-/m0/s1. The third kappa shape index (κ3) is 6.11. The highest BCUT2D eigenvalue weighted by Gasteiger charge is 2.45. The first-order chi connectivity index (χ1) is 13.7. The molecule has 29 heavy (non-hydrogen) atoms. The van der Waals surface area contributed by atoms with E-state index in [9.17, 15) is 19.6 Å². The Bertz CT molecular complexity index is 583. The molecular weight excluding hydrogens is 376 g/mol. The van der Waals surface area contributed by atoms with Gasteiger partial charge >= 0.3 is 0 Å². The number of likely N-dealkylation sites (tertiary alicyclic amines) is 2. The van der Waals surface area contributed by atoms with Crippen LogP contribution in [0.4, 0.5) is 0 Å². The van der Waals surface area contributed by atoms with Crippen LogP contribution >= 0.6 is 0 Å². The average Bonchev–Trinajstić information content (AvgIpc) is 2.67. The number of nitrogens with two attached hydrogens (primary N) is 1. The van der Waals surface area contributed by atoms with E-state index >= 15 is 0 Å². The van der Waals surface area contributed by atoms with Crippen molar-refractivity contribution in [3.63, 3.8) is 0 Å². The maximum Gasteiger partial charge on any atom is 0.246 e. The fourth-order valence-electron chi connectivity index (χ4n) is 4.20. The zero-order valence-corrected chi connectivity index (χ0v) is 17.7. The highest BCUT2D eigenvalue weighted by atomic mass is 16.5. The van der Waals surface area contributed by atoms with Gasteiger partial charge in [-0.3, -0.25) is 14.4 Å². The van der Waals surface area contributed by atoms with Crippen molar-refractivity contribution >= 4 is 17.7 Å². The molecule has 0 radical (unpaired) electrons. The summed E-state index contributed by atoms with van der Waals surface area (Å²) in [6.45, 7) is 6.79. The molecule has 2 aliphatic rings. The van der Waals surface area contributed by atoms with E-state index in [1.54, 1.807) is 13.8 Å². The van der Waals surface area contributed by atoms with Gasteiger partial charge in [-0.2, -0.15) is 5.48 Å². The highest BCUT2D eigenvalue weighted by molar-refractivity contribution is 5.94. The van der Waals surface area contributed by atoms with Crippen molar-refractivity contribution in [1.82, 2.24) is 25.9 Å². The molecule has 166 valence electrons. The summed E-state index contributed by atoms with van der Waals surface area (Å²) >= 11 is 0. The van der Waals surface area contributed by atoms with E-state index in [-0.39, 0.29) is 12.5 Å². The molecule has 0 aromatic carbocycles. The van der Waals surface area contributed by atoms with Crippen LogP contribution in [-0.4, -0.2) is 90.1 Å². The monoisotopic (exact) mass is 412 g/mol. The Morgan fingerprint density at radius 3 is 2.21 bits per heavy atom. The minimum atomic E-state index is -1.13. The van der Waals surface area contributed by atoms with Gasteiger partial charge in [0.25, 0.3) is 0 Å². The predicted molar refractivity (Wildman–Crippen MR) is 108 cm³/mol. The van der Waals surface area contributed by atoms with Crippen LogP contribution in [0.15, 0.2) is 0 Å². The fraction of sp³-hybridized carbons (Fsp3) is 0.842. The molecule has 0 aliphatic carbocycles. The van der Waals surface area contributed by atoms with Crippen LogP contribution in [-0.2, 0) is 14.4 Å². The summed E-state index contributed by atoms with van der Waals surface area (Å²) in [6, 6.07) is -0.348. The van der Waals surface area contributed by atoms with Crippen molar-refractivity contribution in [3.05, 3.63) is 0 Å². The maximum atomic E-state index is 12.9. The lowest BCUT2D eigenvalue weighted by molar-refractivity contribution is -0.139. The molecule has 0 bridgehead atoms. The second kappa shape index (κ2) is 10.3. The average molecular weight is 413 g/mol. The van der Waals surface area contributed by atoms with Gasteiger partial charge in [-0.05, 0) is 51.7 Å². The molecule has 0 saturated carbocycles. The molecule has 0 aromatic rings. The number of hydrogen-bond acceptors (Lipinski definition) is 7. The summed E-state index contributed by atoms with van der Waals surface area (Å²) in [6.07, 6.45) is 3.05. The van der Waals surface area contributed by atoms with E-state index in [0.29, 0.717) is 32.0 Å². The third-order valence-corrected chi connectivity index (χ3v) is 6.16. The Morgan fingerprint density at radius 1 is 1.14 bits per heavy atom. The van der Waals surface area contributed by atoms with E-state index in [1.165, 1.54) is 0 Å². The largest absolute Gasteiger partial charge is 0.368 e. The van der Waals surface area contributed by atoms with Gasteiger partial charge in [0.2, 0.25) is 17.7 Å². The quantitative estimate of drug-likeness (QED) is 0.310. The second-order valence-electron chi connectivity index (χ2n) is 8.64. The zero-order valence-electron chi connectivity index (χ0n) is 17.7. The van der Waals surface area contributed by atoms with Gasteiger partial charge in [-0.25, -0.2) is 0 Å². The molecule has 2 rings (SSSR count). The third-order valence-electron chi connectivity index (χ3n) is 6.16. The van der Waals surface area contributed by atoms with Crippen LogP contribution in [0.5, 0.6) is 0 Å². The normalized spacial score (nSPS) is 22.2. The zero-order chi connectivity index (χ0) is 21.6. The molecule has 6 N–H and O–H groups in total. The number of rotatable bonds is 8. The summed E-state index contributed by atoms with van der Waals surface area (Å²) < 4.78 is 0. The van der Waals surface area contributed by atoms with E-state index in [0.717, 1.165) is 25.9 Å². The van der Waals surface area contributed by atoms with Gasteiger partial charge in [0.15, 0.2) is 0 Å². The minimum Gasteiger partial charge on any atom is -0.368 e. The molecular formula is C19H36N6O4. The number of carbonyl (C=O) groups is 3. The predicted octanol–water partition coefficient (Wildman–Crippen LogP) is -1.36. The molecule has 10 nitrogen and oxygen atoms in total. The molecule has 0 spiro atoms. The second-order valence-corrected chi connectivity index (χ2v) is 8.64. The SMILES string of the molecule is CC(C)[C@H](NO)C(=O)NC1(C(=O)NCC(N)=O)CCN(C2CCN(C)CC2)CC1. The van der Waals surface area contributed by atoms with Gasteiger partial charge in [-0.15, -0.1) is 0 Å². The van der Waals surface area contributed by atoms with Crippen molar-refractivity contribution < 1.29 is 19.6 Å². The Kier molecular flexibility index (Phi) is 8.38. The van der Waals surface area contributed by atoms with Gasteiger partial charge in [0.1, 0.15) is 11.6 Å². The van der Waals surface area contributed by atoms with Crippen molar-refractivity contribution in [2.24, 2.45) is 11.7 Å². The summed E-state index contributed by atoms with van der Waals surface area (Å²) in [5.41, 5.74) is 6.06. The van der Waals surface area contributed by atoms with Crippen molar-refractivity contribution in [1.29, 1.82) is 0 Å². The number of amides is 3. The van der Waals surface area contributed by atoms with Crippen molar-refractivity contribution in [2.75, 3.05) is 39.8 Å².